The topological polar surface area (TPSA) is 109 Å². The summed E-state index contributed by atoms with van der Waals surface area (Å²) in [6.45, 7) is 3.51. The number of hydrogen-bond donors (Lipinski definition) is 1. The minimum atomic E-state index is -0.717. The molecule has 1 N–H and O–H groups in total. The average Bonchev–Trinajstić information content (AvgIpc) is 3.14. The summed E-state index contributed by atoms with van der Waals surface area (Å²) in [7, 11) is 0. The van der Waals surface area contributed by atoms with E-state index in [1.54, 1.807) is 49.4 Å². The molecular weight excluding hydrogens is 360 g/mol. The third kappa shape index (κ3) is 3.48. The average molecular weight is 376 g/mol. The van der Waals surface area contributed by atoms with E-state index in [0.29, 0.717) is 22.6 Å². The van der Waals surface area contributed by atoms with Crippen molar-refractivity contribution in [2.75, 3.05) is 6.61 Å². The number of rotatable bonds is 4. The molecule has 140 valence electrons. The Balaban J connectivity index is 2.01. The maximum Gasteiger partial charge on any atom is 0.338 e. The van der Waals surface area contributed by atoms with Gasteiger partial charge < -0.3 is 9.15 Å². The van der Waals surface area contributed by atoms with E-state index in [1.807, 2.05) is 0 Å². The summed E-state index contributed by atoms with van der Waals surface area (Å²) in [4.78, 5) is 36.0. The number of nitrogens with one attached hydrogen (secondary N) is 1. The highest BCUT2D eigenvalue weighted by atomic mass is 16.5. The van der Waals surface area contributed by atoms with Gasteiger partial charge in [-0.2, -0.15) is 5.26 Å². The Morgan fingerprint density at radius 2 is 1.96 bits per heavy atom. The Morgan fingerprint density at radius 3 is 2.68 bits per heavy atom. The first-order valence-electron chi connectivity index (χ1n) is 8.51. The highest BCUT2D eigenvalue weighted by Gasteiger charge is 2.27. The fraction of sp³-hybridized carbons (Fsp3) is 0.143. The first-order chi connectivity index (χ1) is 13.5. The van der Waals surface area contributed by atoms with Crippen molar-refractivity contribution in [2.45, 2.75) is 13.8 Å². The van der Waals surface area contributed by atoms with Gasteiger partial charge in [-0.3, -0.25) is 14.9 Å². The number of carbonyl (C=O) groups is 3. The van der Waals surface area contributed by atoms with Crippen molar-refractivity contribution in [1.29, 1.82) is 5.26 Å². The van der Waals surface area contributed by atoms with Crippen LogP contribution in [0, 0.1) is 11.3 Å². The second-order valence-electron chi connectivity index (χ2n) is 5.92. The zero-order valence-corrected chi connectivity index (χ0v) is 15.2. The fourth-order valence-electron chi connectivity index (χ4n) is 2.82. The quantitative estimate of drug-likeness (QED) is 0.499. The number of nitrogens with zero attached hydrogens (tertiary/aromatic N) is 1. The van der Waals surface area contributed by atoms with E-state index in [9.17, 15) is 14.4 Å². The van der Waals surface area contributed by atoms with Gasteiger partial charge in [0.25, 0.3) is 11.8 Å². The van der Waals surface area contributed by atoms with Crippen molar-refractivity contribution in [2.24, 2.45) is 0 Å². The summed E-state index contributed by atoms with van der Waals surface area (Å²) < 4.78 is 10.8. The molecule has 2 amide bonds. The molecule has 7 heteroatoms. The Hall–Kier alpha value is -3.92. The number of furan rings is 1. The van der Waals surface area contributed by atoms with Crippen molar-refractivity contribution in [1.82, 2.24) is 5.32 Å². The van der Waals surface area contributed by atoms with Crippen LogP contribution in [0.15, 0.2) is 57.5 Å². The van der Waals surface area contributed by atoms with Crippen molar-refractivity contribution in [3.63, 3.8) is 0 Å². The lowest BCUT2D eigenvalue weighted by atomic mass is 9.96. The molecule has 0 aliphatic carbocycles. The SMILES string of the molecule is CCOC(=O)c1ccccc1-c1ccc(/C=C2\C(=O)NC(=O)C(C#N)=C2C)o1. The molecule has 0 bridgehead atoms. The van der Waals surface area contributed by atoms with Gasteiger partial charge in [-0.15, -0.1) is 0 Å². The summed E-state index contributed by atoms with van der Waals surface area (Å²) in [5, 5.41) is 11.2. The Morgan fingerprint density at radius 1 is 1.21 bits per heavy atom. The van der Waals surface area contributed by atoms with E-state index in [0.717, 1.165) is 0 Å². The molecule has 28 heavy (non-hydrogen) atoms. The first kappa shape index (κ1) is 18.9. The van der Waals surface area contributed by atoms with Crippen LogP contribution in [0.5, 0.6) is 0 Å². The van der Waals surface area contributed by atoms with Crippen LogP contribution in [0.25, 0.3) is 17.4 Å². The number of hydrogen-bond acceptors (Lipinski definition) is 6. The van der Waals surface area contributed by atoms with Gasteiger partial charge in [0.15, 0.2) is 0 Å². The number of imide groups is 1. The molecule has 1 aromatic carbocycles. The summed E-state index contributed by atoms with van der Waals surface area (Å²) in [5.74, 6) is -1.02. The normalized spacial score (nSPS) is 15.4. The van der Waals surface area contributed by atoms with E-state index < -0.39 is 17.8 Å². The van der Waals surface area contributed by atoms with Gasteiger partial charge in [0.2, 0.25) is 0 Å². The Kier molecular flexibility index (Phi) is 5.23. The third-order valence-corrected chi connectivity index (χ3v) is 4.19. The van der Waals surface area contributed by atoms with Crippen molar-refractivity contribution < 1.29 is 23.5 Å². The molecule has 1 aliphatic rings. The maximum absolute atomic E-state index is 12.2. The number of ether oxygens (including phenoxy) is 1. The summed E-state index contributed by atoms with van der Waals surface area (Å²) in [5.41, 5.74) is 1.24. The molecule has 0 saturated carbocycles. The van der Waals surface area contributed by atoms with Gasteiger partial charge in [0.1, 0.15) is 23.2 Å². The molecule has 0 radical (unpaired) electrons. The standard InChI is InChI=1S/C21H16N2O5/c1-3-27-21(26)15-7-5-4-6-14(15)18-9-8-13(28-18)10-16-12(2)17(11-22)20(25)23-19(16)24/h4-10H,3H2,1-2H3,(H,23,24,25)/b16-10-. The molecule has 0 fully saturated rings. The van der Waals surface area contributed by atoms with Crippen LogP contribution in [-0.4, -0.2) is 24.4 Å². The molecule has 1 aliphatic heterocycles. The highest BCUT2D eigenvalue weighted by Crippen LogP contribution is 2.29. The number of amides is 2. The summed E-state index contributed by atoms with van der Waals surface area (Å²) in [6.07, 6.45) is 1.45. The number of carbonyl (C=O) groups excluding carboxylic acids is 3. The van der Waals surface area contributed by atoms with Crippen LogP contribution in [0.2, 0.25) is 0 Å². The minimum Gasteiger partial charge on any atom is -0.462 e. The molecule has 0 spiro atoms. The van der Waals surface area contributed by atoms with E-state index in [1.165, 1.54) is 13.0 Å². The van der Waals surface area contributed by atoms with E-state index in [4.69, 9.17) is 14.4 Å². The summed E-state index contributed by atoms with van der Waals surface area (Å²) >= 11 is 0. The molecule has 1 aromatic heterocycles. The molecule has 2 aromatic rings. The van der Waals surface area contributed by atoms with E-state index in [2.05, 4.69) is 5.32 Å². The molecule has 0 atom stereocenters. The lowest BCUT2D eigenvalue weighted by Crippen LogP contribution is -2.37. The van der Waals surface area contributed by atoms with Crippen LogP contribution in [0.4, 0.5) is 0 Å². The predicted molar refractivity (Wildman–Crippen MR) is 99.5 cm³/mol. The maximum atomic E-state index is 12.2. The molecule has 0 saturated heterocycles. The smallest absolute Gasteiger partial charge is 0.338 e. The Labute approximate surface area is 160 Å². The molecular formula is C21H16N2O5. The lowest BCUT2D eigenvalue weighted by molar-refractivity contribution is -0.126. The molecule has 3 rings (SSSR count). The van der Waals surface area contributed by atoms with Gasteiger partial charge >= 0.3 is 5.97 Å². The van der Waals surface area contributed by atoms with Crippen LogP contribution in [0.3, 0.4) is 0 Å². The van der Waals surface area contributed by atoms with E-state index in [-0.39, 0.29) is 23.3 Å². The monoisotopic (exact) mass is 376 g/mol. The zero-order valence-electron chi connectivity index (χ0n) is 15.2. The van der Waals surface area contributed by atoms with Crippen LogP contribution >= 0.6 is 0 Å². The van der Waals surface area contributed by atoms with Gasteiger partial charge in [0.05, 0.1) is 12.2 Å². The molecule has 2 heterocycles. The van der Waals surface area contributed by atoms with Crippen LogP contribution in [0.1, 0.15) is 30.0 Å². The van der Waals surface area contributed by atoms with Crippen molar-refractivity contribution >= 4 is 23.9 Å². The van der Waals surface area contributed by atoms with E-state index >= 15 is 0 Å². The van der Waals surface area contributed by atoms with Crippen molar-refractivity contribution in [3.05, 3.63) is 64.4 Å². The van der Waals surface area contributed by atoms with Gasteiger partial charge in [0, 0.05) is 11.1 Å². The second kappa shape index (κ2) is 7.76. The number of esters is 1. The predicted octanol–water partition coefficient (Wildman–Crippen LogP) is 3.00. The lowest BCUT2D eigenvalue weighted by Gasteiger charge is -2.15. The molecule has 7 nitrogen and oxygen atoms in total. The third-order valence-electron chi connectivity index (χ3n) is 4.19. The number of benzene rings is 1. The van der Waals surface area contributed by atoms with Gasteiger partial charge in [-0.1, -0.05) is 18.2 Å². The summed E-state index contributed by atoms with van der Waals surface area (Å²) in [6, 6.07) is 12.0. The van der Waals surface area contributed by atoms with Crippen molar-refractivity contribution in [3.8, 4) is 17.4 Å². The van der Waals surface area contributed by atoms with Gasteiger partial charge in [-0.25, -0.2) is 4.79 Å². The fourth-order valence-corrected chi connectivity index (χ4v) is 2.82. The minimum absolute atomic E-state index is 0.120. The Bertz CT molecular complexity index is 1080. The largest absolute Gasteiger partial charge is 0.462 e. The second-order valence-corrected chi connectivity index (χ2v) is 5.92. The first-order valence-corrected chi connectivity index (χ1v) is 8.51. The highest BCUT2D eigenvalue weighted by molar-refractivity contribution is 6.19. The van der Waals surface area contributed by atoms with Crippen LogP contribution < -0.4 is 5.32 Å². The zero-order chi connectivity index (χ0) is 20.3. The molecule has 0 unspecified atom stereocenters. The number of nitriles is 1. The van der Waals surface area contributed by atoms with Gasteiger partial charge in [-0.05, 0) is 43.7 Å². The van der Waals surface area contributed by atoms with Crippen LogP contribution in [-0.2, 0) is 14.3 Å².